The third kappa shape index (κ3) is 4.45. The van der Waals surface area contributed by atoms with Crippen LogP contribution >= 0.6 is 11.6 Å². The summed E-state index contributed by atoms with van der Waals surface area (Å²) in [6, 6.07) is 8.52. The first-order valence-corrected chi connectivity index (χ1v) is 5.33. The van der Waals surface area contributed by atoms with E-state index in [2.05, 4.69) is 36.5 Å². The second-order valence-corrected chi connectivity index (χ2v) is 3.55. The van der Waals surface area contributed by atoms with Gasteiger partial charge in [0.15, 0.2) is 0 Å². The maximum atomic E-state index is 5.50. The van der Waals surface area contributed by atoms with Gasteiger partial charge in [-0.2, -0.15) is 0 Å². The molecule has 0 radical (unpaired) electrons. The smallest absolute Gasteiger partial charge is 0.0404 e. The Morgan fingerprint density at radius 2 is 2.21 bits per heavy atom. The van der Waals surface area contributed by atoms with Crippen molar-refractivity contribution in [3.8, 4) is 0 Å². The van der Waals surface area contributed by atoms with Crippen molar-refractivity contribution in [3.05, 3.63) is 47.5 Å². The SMILES string of the molecule is Cc1cccc(CNC/C=C/CCl)c1. The zero-order chi connectivity index (χ0) is 10.2. The fourth-order valence-electron chi connectivity index (χ4n) is 1.27. The molecule has 0 unspecified atom stereocenters. The number of allylic oxidation sites excluding steroid dienone is 1. The highest BCUT2D eigenvalue weighted by Gasteiger charge is 1.90. The minimum atomic E-state index is 0.589. The molecule has 1 rings (SSSR count). The van der Waals surface area contributed by atoms with Crippen molar-refractivity contribution < 1.29 is 0 Å². The van der Waals surface area contributed by atoms with Crippen LogP contribution in [0.5, 0.6) is 0 Å². The quantitative estimate of drug-likeness (QED) is 0.447. The molecule has 0 heterocycles. The molecule has 1 nitrogen and oxygen atoms in total. The molecule has 14 heavy (non-hydrogen) atoms. The van der Waals surface area contributed by atoms with E-state index < -0.39 is 0 Å². The van der Waals surface area contributed by atoms with Crippen LogP contribution in [-0.2, 0) is 6.54 Å². The Bertz CT molecular complexity index is 294. The lowest BCUT2D eigenvalue weighted by molar-refractivity contribution is 0.759. The lowest BCUT2D eigenvalue weighted by Crippen LogP contribution is -2.12. The number of rotatable bonds is 5. The second kappa shape index (κ2) is 6.63. The Hall–Kier alpha value is -0.790. The summed E-state index contributed by atoms with van der Waals surface area (Å²) in [7, 11) is 0. The van der Waals surface area contributed by atoms with Crippen LogP contribution in [0.15, 0.2) is 36.4 Å². The third-order valence-electron chi connectivity index (χ3n) is 1.93. The van der Waals surface area contributed by atoms with Gasteiger partial charge >= 0.3 is 0 Å². The van der Waals surface area contributed by atoms with Gasteiger partial charge in [0.25, 0.3) is 0 Å². The van der Waals surface area contributed by atoms with Crippen LogP contribution in [0, 0.1) is 6.92 Å². The van der Waals surface area contributed by atoms with Gasteiger partial charge in [0.05, 0.1) is 0 Å². The van der Waals surface area contributed by atoms with Crippen molar-refractivity contribution in [2.45, 2.75) is 13.5 Å². The molecule has 0 amide bonds. The molecule has 0 aromatic heterocycles. The van der Waals surface area contributed by atoms with E-state index in [9.17, 15) is 0 Å². The number of nitrogens with one attached hydrogen (secondary N) is 1. The molecule has 0 atom stereocenters. The van der Waals surface area contributed by atoms with Crippen LogP contribution in [0.1, 0.15) is 11.1 Å². The van der Waals surface area contributed by atoms with Crippen LogP contribution in [0.3, 0.4) is 0 Å². The van der Waals surface area contributed by atoms with E-state index in [1.165, 1.54) is 11.1 Å². The first-order chi connectivity index (χ1) is 6.83. The Balaban J connectivity index is 2.28. The maximum Gasteiger partial charge on any atom is 0.0404 e. The van der Waals surface area contributed by atoms with E-state index in [0.717, 1.165) is 13.1 Å². The number of benzene rings is 1. The van der Waals surface area contributed by atoms with Gasteiger partial charge < -0.3 is 5.32 Å². The number of halogens is 1. The van der Waals surface area contributed by atoms with Gasteiger partial charge in [-0.25, -0.2) is 0 Å². The van der Waals surface area contributed by atoms with Crippen LogP contribution < -0.4 is 5.32 Å². The molecule has 2 heteroatoms. The predicted molar refractivity (Wildman–Crippen MR) is 62.7 cm³/mol. The standard InChI is InChI=1S/C12H16ClN/c1-11-5-4-6-12(9-11)10-14-8-3-2-7-13/h2-6,9,14H,7-8,10H2,1H3/b3-2+. The Morgan fingerprint density at radius 3 is 2.93 bits per heavy atom. The lowest BCUT2D eigenvalue weighted by atomic mass is 10.1. The van der Waals surface area contributed by atoms with Crippen molar-refractivity contribution in [3.63, 3.8) is 0 Å². The van der Waals surface area contributed by atoms with E-state index in [1.54, 1.807) is 0 Å². The zero-order valence-electron chi connectivity index (χ0n) is 8.46. The summed E-state index contributed by atoms with van der Waals surface area (Å²) in [5.74, 6) is 0.589. The Labute approximate surface area is 90.8 Å². The van der Waals surface area contributed by atoms with E-state index in [1.807, 2.05) is 12.2 Å². The molecule has 0 aliphatic heterocycles. The summed E-state index contributed by atoms with van der Waals surface area (Å²) in [5.41, 5.74) is 2.63. The fourth-order valence-corrected chi connectivity index (χ4v) is 1.39. The van der Waals surface area contributed by atoms with E-state index in [0.29, 0.717) is 5.88 Å². The molecule has 1 aromatic rings. The summed E-state index contributed by atoms with van der Waals surface area (Å²) in [5, 5.41) is 3.32. The van der Waals surface area contributed by atoms with Gasteiger partial charge in [-0.1, -0.05) is 42.0 Å². The van der Waals surface area contributed by atoms with Gasteiger partial charge in [0.1, 0.15) is 0 Å². The minimum Gasteiger partial charge on any atom is -0.309 e. The summed E-state index contributed by atoms with van der Waals surface area (Å²) in [6.45, 7) is 3.89. The normalized spacial score (nSPS) is 11.0. The summed E-state index contributed by atoms with van der Waals surface area (Å²) >= 11 is 5.50. The highest BCUT2D eigenvalue weighted by atomic mass is 35.5. The molecule has 0 aliphatic carbocycles. The van der Waals surface area contributed by atoms with Crippen LogP contribution in [-0.4, -0.2) is 12.4 Å². The van der Waals surface area contributed by atoms with Crippen molar-refractivity contribution >= 4 is 11.6 Å². The molecular weight excluding hydrogens is 194 g/mol. The van der Waals surface area contributed by atoms with Gasteiger partial charge in [-0.15, -0.1) is 11.6 Å². The molecule has 0 spiro atoms. The average molecular weight is 210 g/mol. The molecule has 0 saturated heterocycles. The Morgan fingerprint density at radius 1 is 1.36 bits per heavy atom. The highest BCUT2D eigenvalue weighted by molar-refractivity contribution is 6.18. The molecule has 0 fully saturated rings. The second-order valence-electron chi connectivity index (χ2n) is 3.25. The van der Waals surface area contributed by atoms with Crippen LogP contribution in [0.4, 0.5) is 0 Å². The highest BCUT2D eigenvalue weighted by Crippen LogP contribution is 2.02. The summed E-state index contributed by atoms with van der Waals surface area (Å²) in [4.78, 5) is 0. The van der Waals surface area contributed by atoms with Crippen molar-refractivity contribution in [1.82, 2.24) is 5.32 Å². The van der Waals surface area contributed by atoms with E-state index >= 15 is 0 Å². The Kier molecular flexibility index (Phi) is 5.35. The molecular formula is C12H16ClN. The van der Waals surface area contributed by atoms with Crippen molar-refractivity contribution in [1.29, 1.82) is 0 Å². The van der Waals surface area contributed by atoms with E-state index in [-0.39, 0.29) is 0 Å². The lowest BCUT2D eigenvalue weighted by Gasteiger charge is -2.02. The van der Waals surface area contributed by atoms with Crippen LogP contribution in [0.2, 0.25) is 0 Å². The van der Waals surface area contributed by atoms with Gasteiger partial charge in [-0.3, -0.25) is 0 Å². The topological polar surface area (TPSA) is 12.0 Å². The zero-order valence-corrected chi connectivity index (χ0v) is 9.22. The molecule has 0 aliphatic rings. The van der Waals surface area contributed by atoms with Gasteiger partial charge in [0.2, 0.25) is 0 Å². The number of alkyl halides is 1. The molecule has 76 valence electrons. The average Bonchev–Trinajstić information content (AvgIpc) is 2.18. The maximum absolute atomic E-state index is 5.50. The van der Waals surface area contributed by atoms with Crippen molar-refractivity contribution in [2.24, 2.45) is 0 Å². The largest absolute Gasteiger partial charge is 0.309 e. The molecule has 0 bridgehead atoms. The van der Waals surface area contributed by atoms with Crippen molar-refractivity contribution in [2.75, 3.05) is 12.4 Å². The number of hydrogen-bond donors (Lipinski definition) is 1. The molecule has 1 aromatic carbocycles. The van der Waals surface area contributed by atoms with Gasteiger partial charge in [0, 0.05) is 19.0 Å². The van der Waals surface area contributed by atoms with Crippen LogP contribution in [0.25, 0.3) is 0 Å². The summed E-state index contributed by atoms with van der Waals surface area (Å²) < 4.78 is 0. The fraction of sp³-hybridized carbons (Fsp3) is 0.333. The van der Waals surface area contributed by atoms with Gasteiger partial charge in [-0.05, 0) is 12.5 Å². The first-order valence-electron chi connectivity index (χ1n) is 4.80. The molecule has 0 saturated carbocycles. The predicted octanol–water partition coefficient (Wildman–Crippen LogP) is 2.88. The first kappa shape index (κ1) is 11.3. The number of hydrogen-bond acceptors (Lipinski definition) is 1. The van der Waals surface area contributed by atoms with E-state index in [4.69, 9.17) is 11.6 Å². The monoisotopic (exact) mass is 209 g/mol. The number of aryl methyl sites for hydroxylation is 1. The third-order valence-corrected chi connectivity index (χ3v) is 2.11. The molecule has 1 N–H and O–H groups in total. The minimum absolute atomic E-state index is 0.589. The summed E-state index contributed by atoms with van der Waals surface area (Å²) in [6.07, 6.45) is 3.99.